The van der Waals surface area contributed by atoms with Crippen molar-refractivity contribution in [3.63, 3.8) is 0 Å². The second-order valence-corrected chi connectivity index (χ2v) is 9.98. The number of hydrogen-bond donors (Lipinski definition) is 2. The molecule has 1 aliphatic heterocycles. The fourth-order valence-corrected chi connectivity index (χ4v) is 4.93. The molecule has 0 aliphatic carbocycles. The van der Waals surface area contributed by atoms with Gasteiger partial charge in [0, 0.05) is 12.6 Å². The number of carbonyl (C=O) groups excluding carboxylic acids is 1. The normalized spacial score (nSPS) is 15.4. The van der Waals surface area contributed by atoms with Crippen molar-refractivity contribution < 1.29 is 13.2 Å². The Labute approximate surface area is 195 Å². The third-order valence-corrected chi connectivity index (χ3v) is 7.10. The first kappa shape index (κ1) is 24.3. The van der Waals surface area contributed by atoms with Crippen molar-refractivity contribution in [2.75, 3.05) is 30.9 Å². The zero-order chi connectivity index (χ0) is 22.8. The first-order valence-electron chi connectivity index (χ1n) is 11.0. The van der Waals surface area contributed by atoms with Crippen LogP contribution in [0.5, 0.6) is 0 Å². The van der Waals surface area contributed by atoms with Gasteiger partial charge in [-0.1, -0.05) is 48.7 Å². The minimum atomic E-state index is -3.75. The van der Waals surface area contributed by atoms with Gasteiger partial charge in [0.15, 0.2) is 0 Å². The molecule has 1 amide bonds. The molecule has 0 aromatic heterocycles. The summed E-state index contributed by atoms with van der Waals surface area (Å²) in [6.07, 6.45) is 9.26. The van der Waals surface area contributed by atoms with Crippen molar-refractivity contribution in [2.45, 2.75) is 37.0 Å². The van der Waals surface area contributed by atoms with Crippen LogP contribution in [0.25, 0.3) is 6.08 Å². The summed E-state index contributed by atoms with van der Waals surface area (Å²) in [6.45, 7) is 3.98. The molecule has 1 fully saturated rings. The third-order valence-electron chi connectivity index (χ3n) is 5.38. The second-order valence-electron chi connectivity index (χ2n) is 7.89. The number of sulfonamides is 1. The Morgan fingerprint density at radius 2 is 1.69 bits per heavy atom. The molecule has 1 saturated heterocycles. The van der Waals surface area contributed by atoms with Crippen LogP contribution < -0.4 is 10.0 Å². The Balaban J connectivity index is 1.46. The average molecular weight is 476 g/mol. The first-order chi connectivity index (χ1) is 15.4. The van der Waals surface area contributed by atoms with E-state index in [1.54, 1.807) is 42.5 Å². The van der Waals surface area contributed by atoms with Crippen LogP contribution >= 0.6 is 11.6 Å². The molecule has 1 heterocycles. The number of nitrogens with zero attached hydrogens (tertiary/aromatic N) is 1. The van der Waals surface area contributed by atoms with Crippen molar-refractivity contribution >= 4 is 39.3 Å². The zero-order valence-electron chi connectivity index (χ0n) is 18.1. The molecule has 0 bridgehead atoms. The predicted octanol–water partition coefficient (Wildman–Crippen LogP) is 4.54. The van der Waals surface area contributed by atoms with Gasteiger partial charge in [-0.05, 0) is 74.8 Å². The van der Waals surface area contributed by atoms with Gasteiger partial charge in [0.25, 0.3) is 10.0 Å². The summed E-state index contributed by atoms with van der Waals surface area (Å²) >= 11 is 6.03. The van der Waals surface area contributed by atoms with Gasteiger partial charge in [0.2, 0.25) is 5.91 Å². The highest BCUT2D eigenvalue weighted by Gasteiger charge is 2.15. The van der Waals surface area contributed by atoms with Crippen LogP contribution in [0.2, 0.25) is 5.02 Å². The highest BCUT2D eigenvalue weighted by Crippen LogP contribution is 2.24. The molecule has 1 aliphatic rings. The Kier molecular flexibility index (Phi) is 9.14. The van der Waals surface area contributed by atoms with Crippen LogP contribution in [0, 0.1) is 0 Å². The second kappa shape index (κ2) is 12.0. The van der Waals surface area contributed by atoms with Crippen molar-refractivity contribution in [3.05, 3.63) is 65.2 Å². The van der Waals surface area contributed by atoms with Crippen molar-refractivity contribution in [1.82, 2.24) is 10.2 Å². The van der Waals surface area contributed by atoms with E-state index < -0.39 is 10.0 Å². The number of nitrogens with one attached hydrogen (secondary N) is 2. The minimum Gasteiger partial charge on any atom is -0.353 e. The molecule has 0 atom stereocenters. The van der Waals surface area contributed by atoms with E-state index >= 15 is 0 Å². The van der Waals surface area contributed by atoms with Gasteiger partial charge >= 0.3 is 0 Å². The average Bonchev–Trinajstić information content (AvgIpc) is 3.06. The van der Waals surface area contributed by atoms with Gasteiger partial charge in [-0.3, -0.25) is 9.52 Å². The maximum absolute atomic E-state index is 12.6. The lowest BCUT2D eigenvalue weighted by Gasteiger charge is -2.19. The lowest BCUT2D eigenvalue weighted by molar-refractivity contribution is -0.116. The van der Waals surface area contributed by atoms with Gasteiger partial charge in [-0.25, -0.2) is 8.42 Å². The van der Waals surface area contributed by atoms with Gasteiger partial charge in [0.1, 0.15) is 0 Å². The highest BCUT2D eigenvalue weighted by molar-refractivity contribution is 7.92. The maximum atomic E-state index is 12.6. The summed E-state index contributed by atoms with van der Waals surface area (Å²) in [4.78, 5) is 14.6. The Morgan fingerprint density at radius 3 is 2.38 bits per heavy atom. The fraction of sp³-hybridized carbons (Fsp3) is 0.375. The van der Waals surface area contributed by atoms with Crippen LogP contribution in [0.4, 0.5) is 5.69 Å². The Bertz CT molecular complexity index is 1020. The van der Waals surface area contributed by atoms with Crippen LogP contribution in [0.1, 0.15) is 37.7 Å². The molecule has 0 unspecified atom stereocenters. The van der Waals surface area contributed by atoms with E-state index in [0.717, 1.165) is 31.6 Å². The van der Waals surface area contributed by atoms with Gasteiger partial charge in [-0.2, -0.15) is 0 Å². The largest absolute Gasteiger partial charge is 0.353 e. The standard InChI is InChI=1S/C24H30ClN3O3S/c25-22-8-3-4-9-23(22)27-32(30,31)21-13-10-20(11-14-21)12-15-24(29)26-16-7-19-28-17-5-1-2-6-18-28/h3-4,8-15,27H,1-2,5-7,16-19H2,(H,26,29)/b15-12+. The third kappa shape index (κ3) is 7.65. The van der Waals surface area contributed by atoms with Crippen molar-refractivity contribution in [3.8, 4) is 0 Å². The number of carbonyl (C=O) groups is 1. The van der Waals surface area contributed by atoms with E-state index in [1.807, 2.05) is 0 Å². The van der Waals surface area contributed by atoms with Crippen molar-refractivity contribution in [1.29, 1.82) is 0 Å². The van der Waals surface area contributed by atoms with E-state index in [9.17, 15) is 13.2 Å². The first-order valence-corrected chi connectivity index (χ1v) is 12.9. The Hall–Kier alpha value is -2.35. The summed E-state index contributed by atoms with van der Waals surface area (Å²) in [5.41, 5.74) is 1.06. The zero-order valence-corrected chi connectivity index (χ0v) is 19.7. The molecule has 2 N–H and O–H groups in total. The summed E-state index contributed by atoms with van der Waals surface area (Å²) in [5, 5.41) is 3.23. The summed E-state index contributed by atoms with van der Waals surface area (Å²) in [6, 6.07) is 13.0. The van der Waals surface area contributed by atoms with E-state index in [2.05, 4.69) is 14.9 Å². The molecule has 6 nitrogen and oxygen atoms in total. The number of anilines is 1. The molecule has 2 aromatic rings. The smallest absolute Gasteiger partial charge is 0.261 e. The molecular formula is C24H30ClN3O3S. The molecule has 8 heteroatoms. The fourth-order valence-electron chi connectivity index (χ4n) is 3.61. The highest BCUT2D eigenvalue weighted by atomic mass is 35.5. The molecular weight excluding hydrogens is 446 g/mol. The molecule has 3 rings (SSSR count). The van der Waals surface area contributed by atoms with Crippen LogP contribution in [-0.4, -0.2) is 45.4 Å². The van der Waals surface area contributed by atoms with Gasteiger partial charge in [-0.15, -0.1) is 0 Å². The monoisotopic (exact) mass is 475 g/mol. The summed E-state index contributed by atoms with van der Waals surface area (Å²) < 4.78 is 27.6. The van der Waals surface area contributed by atoms with E-state index in [0.29, 0.717) is 17.3 Å². The number of rotatable bonds is 9. The minimum absolute atomic E-state index is 0.118. The van der Waals surface area contributed by atoms with Crippen LogP contribution in [0.15, 0.2) is 59.5 Å². The number of halogens is 1. The lowest BCUT2D eigenvalue weighted by Crippen LogP contribution is -2.30. The van der Waals surface area contributed by atoms with E-state index in [1.165, 1.54) is 43.9 Å². The lowest BCUT2D eigenvalue weighted by atomic mass is 10.2. The SMILES string of the molecule is O=C(/C=C/c1ccc(S(=O)(=O)Nc2ccccc2Cl)cc1)NCCCN1CCCCCC1. The predicted molar refractivity (Wildman–Crippen MR) is 130 cm³/mol. The van der Waals surface area contributed by atoms with Crippen LogP contribution in [0.3, 0.4) is 0 Å². The Morgan fingerprint density at radius 1 is 1.00 bits per heavy atom. The van der Waals surface area contributed by atoms with Crippen LogP contribution in [-0.2, 0) is 14.8 Å². The topological polar surface area (TPSA) is 78.5 Å². The van der Waals surface area contributed by atoms with Gasteiger partial charge in [0.05, 0.1) is 15.6 Å². The molecule has 32 heavy (non-hydrogen) atoms. The molecule has 0 spiro atoms. The molecule has 172 valence electrons. The number of benzene rings is 2. The van der Waals surface area contributed by atoms with E-state index in [-0.39, 0.29) is 10.8 Å². The number of hydrogen-bond acceptors (Lipinski definition) is 4. The molecule has 0 radical (unpaired) electrons. The van der Waals surface area contributed by atoms with Crippen molar-refractivity contribution in [2.24, 2.45) is 0 Å². The van der Waals surface area contributed by atoms with Gasteiger partial charge < -0.3 is 10.2 Å². The number of para-hydroxylation sites is 1. The quantitative estimate of drug-likeness (QED) is 0.412. The maximum Gasteiger partial charge on any atom is 0.261 e. The summed E-state index contributed by atoms with van der Waals surface area (Å²) in [5.74, 6) is -0.155. The number of likely N-dealkylation sites (tertiary alicyclic amines) is 1. The molecule has 2 aromatic carbocycles. The van der Waals surface area contributed by atoms with E-state index in [4.69, 9.17) is 11.6 Å². The number of amides is 1. The molecule has 0 saturated carbocycles. The summed E-state index contributed by atoms with van der Waals surface area (Å²) in [7, 11) is -3.75.